The van der Waals surface area contributed by atoms with Gasteiger partial charge in [-0.05, 0) is 55.3 Å². The zero-order valence-electron chi connectivity index (χ0n) is 15.9. The van der Waals surface area contributed by atoms with E-state index in [4.69, 9.17) is 11.6 Å². The summed E-state index contributed by atoms with van der Waals surface area (Å²) in [6.45, 7) is 0. The molecular weight excluding hydrogens is 433 g/mol. The Bertz CT molecular complexity index is 1140. The van der Waals surface area contributed by atoms with Gasteiger partial charge in [0.2, 0.25) is 0 Å². The topological polar surface area (TPSA) is 76.0 Å². The first-order valence-corrected chi connectivity index (χ1v) is 9.73. The number of halogens is 4. The van der Waals surface area contributed by atoms with Gasteiger partial charge in [0.05, 0.1) is 17.4 Å². The van der Waals surface area contributed by atoms with E-state index in [2.05, 4.69) is 15.7 Å². The summed E-state index contributed by atoms with van der Waals surface area (Å²) in [7, 11) is 0. The van der Waals surface area contributed by atoms with E-state index in [1.165, 1.54) is 36.4 Å². The highest BCUT2D eigenvalue weighted by molar-refractivity contribution is 6.30. The van der Waals surface area contributed by atoms with Crippen molar-refractivity contribution in [3.8, 4) is 5.69 Å². The molecule has 1 fully saturated rings. The average Bonchev–Trinajstić information content (AvgIpc) is 3.41. The molecule has 1 aliphatic rings. The van der Waals surface area contributed by atoms with Gasteiger partial charge in [-0.1, -0.05) is 17.7 Å². The first kappa shape index (κ1) is 20.9. The summed E-state index contributed by atoms with van der Waals surface area (Å²) in [4.78, 5) is 24.8. The van der Waals surface area contributed by atoms with Crippen LogP contribution in [0.2, 0.25) is 5.02 Å². The number of alkyl halides is 3. The Morgan fingerprint density at radius 1 is 1.06 bits per heavy atom. The number of amides is 2. The van der Waals surface area contributed by atoms with Gasteiger partial charge in [0.1, 0.15) is 0 Å². The second kappa shape index (κ2) is 8.07. The minimum Gasteiger partial charge on any atom is -0.349 e. The van der Waals surface area contributed by atoms with Crippen molar-refractivity contribution in [2.75, 3.05) is 5.32 Å². The molecule has 3 aromatic rings. The Hall–Kier alpha value is -3.33. The van der Waals surface area contributed by atoms with Crippen molar-refractivity contribution in [1.82, 2.24) is 15.1 Å². The van der Waals surface area contributed by atoms with Crippen LogP contribution in [0.15, 0.2) is 54.7 Å². The van der Waals surface area contributed by atoms with E-state index in [1.807, 2.05) is 0 Å². The number of nitrogens with one attached hydrogen (secondary N) is 2. The molecule has 0 radical (unpaired) electrons. The van der Waals surface area contributed by atoms with Gasteiger partial charge < -0.3 is 10.6 Å². The van der Waals surface area contributed by atoms with E-state index in [0.717, 1.165) is 19.0 Å². The van der Waals surface area contributed by atoms with Crippen molar-refractivity contribution in [1.29, 1.82) is 0 Å². The van der Waals surface area contributed by atoms with Gasteiger partial charge >= 0.3 is 6.18 Å². The molecule has 1 aliphatic carbocycles. The molecule has 160 valence electrons. The number of carbonyl (C=O) groups excluding carboxylic acids is 2. The quantitative estimate of drug-likeness (QED) is 0.594. The molecule has 2 N–H and O–H groups in total. The molecule has 1 saturated carbocycles. The standard InChI is InChI=1S/C21H16ClF3N4O2/c22-13-4-8-16(9-5-13)29-18(21(23,24)25)17(11-26-29)20(31)28-15-3-1-2-12(10-15)19(30)27-14-6-7-14/h1-5,8-11,14H,6-7H2,(H,27,30)(H,28,31). The molecule has 0 atom stereocenters. The summed E-state index contributed by atoms with van der Waals surface area (Å²) in [6, 6.07) is 11.7. The molecule has 1 aromatic heterocycles. The molecule has 2 amide bonds. The molecule has 31 heavy (non-hydrogen) atoms. The Morgan fingerprint density at radius 2 is 1.77 bits per heavy atom. The van der Waals surface area contributed by atoms with Crippen LogP contribution < -0.4 is 10.6 Å². The van der Waals surface area contributed by atoms with Gasteiger partial charge in [-0.3, -0.25) is 9.59 Å². The summed E-state index contributed by atoms with van der Waals surface area (Å²) >= 11 is 5.80. The number of aromatic nitrogens is 2. The summed E-state index contributed by atoms with van der Waals surface area (Å²) in [5.41, 5.74) is -1.25. The molecule has 0 bridgehead atoms. The average molecular weight is 449 g/mol. The van der Waals surface area contributed by atoms with Crippen LogP contribution in [0, 0.1) is 0 Å². The first-order chi connectivity index (χ1) is 14.7. The largest absolute Gasteiger partial charge is 0.434 e. The number of hydrogen-bond donors (Lipinski definition) is 2. The highest BCUT2D eigenvalue weighted by Crippen LogP contribution is 2.34. The Morgan fingerprint density at radius 3 is 2.42 bits per heavy atom. The Balaban J connectivity index is 1.61. The second-order valence-corrected chi connectivity index (χ2v) is 7.51. The number of carbonyl (C=O) groups is 2. The van der Waals surface area contributed by atoms with E-state index in [-0.39, 0.29) is 23.3 Å². The van der Waals surface area contributed by atoms with Crippen molar-refractivity contribution in [2.45, 2.75) is 25.1 Å². The molecule has 10 heteroatoms. The van der Waals surface area contributed by atoms with Gasteiger partial charge in [0.15, 0.2) is 5.69 Å². The molecule has 1 heterocycles. The molecule has 0 aliphatic heterocycles. The lowest BCUT2D eigenvalue weighted by Gasteiger charge is -2.13. The van der Waals surface area contributed by atoms with Gasteiger partial charge in [0, 0.05) is 22.3 Å². The molecule has 6 nitrogen and oxygen atoms in total. The lowest BCUT2D eigenvalue weighted by Crippen LogP contribution is -2.25. The van der Waals surface area contributed by atoms with Gasteiger partial charge in [-0.2, -0.15) is 18.3 Å². The summed E-state index contributed by atoms with van der Waals surface area (Å²) in [6.07, 6.45) is -2.15. The van der Waals surface area contributed by atoms with Crippen LogP contribution in [0.25, 0.3) is 5.69 Å². The van der Waals surface area contributed by atoms with Crippen molar-refractivity contribution >= 4 is 29.1 Å². The third-order valence-corrected chi connectivity index (χ3v) is 4.90. The summed E-state index contributed by atoms with van der Waals surface area (Å²) in [5, 5.41) is 9.34. The smallest absolute Gasteiger partial charge is 0.349 e. The monoisotopic (exact) mass is 448 g/mol. The maximum Gasteiger partial charge on any atom is 0.434 e. The van der Waals surface area contributed by atoms with Crippen LogP contribution >= 0.6 is 11.6 Å². The van der Waals surface area contributed by atoms with E-state index in [9.17, 15) is 22.8 Å². The highest BCUT2D eigenvalue weighted by atomic mass is 35.5. The Labute approximate surface area is 180 Å². The lowest BCUT2D eigenvalue weighted by atomic mass is 10.1. The van der Waals surface area contributed by atoms with Gasteiger partial charge in [-0.25, -0.2) is 4.68 Å². The van der Waals surface area contributed by atoms with E-state index >= 15 is 0 Å². The normalized spacial score (nSPS) is 13.7. The van der Waals surface area contributed by atoms with E-state index < -0.39 is 23.3 Å². The van der Waals surface area contributed by atoms with Gasteiger partial charge in [0.25, 0.3) is 11.8 Å². The molecule has 4 rings (SSSR count). The maximum absolute atomic E-state index is 13.8. The number of nitrogens with zero attached hydrogens (tertiary/aromatic N) is 2. The van der Waals surface area contributed by atoms with Crippen LogP contribution in [0.4, 0.5) is 18.9 Å². The number of anilines is 1. The first-order valence-electron chi connectivity index (χ1n) is 9.36. The highest BCUT2D eigenvalue weighted by Gasteiger charge is 2.40. The number of hydrogen-bond acceptors (Lipinski definition) is 3. The maximum atomic E-state index is 13.8. The van der Waals surface area contributed by atoms with Crippen molar-refractivity contribution in [3.63, 3.8) is 0 Å². The van der Waals surface area contributed by atoms with Crippen LogP contribution in [0.3, 0.4) is 0 Å². The van der Waals surface area contributed by atoms with Gasteiger partial charge in [-0.15, -0.1) is 0 Å². The third kappa shape index (κ3) is 4.72. The van der Waals surface area contributed by atoms with Crippen LogP contribution in [-0.4, -0.2) is 27.6 Å². The number of benzene rings is 2. The lowest BCUT2D eigenvalue weighted by molar-refractivity contribution is -0.143. The van der Waals surface area contributed by atoms with Crippen LogP contribution in [0.1, 0.15) is 39.3 Å². The number of rotatable bonds is 5. The fraction of sp³-hybridized carbons (Fsp3) is 0.190. The van der Waals surface area contributed by atoms with Crippen LogP contribution in [0.5, 0.6) is 0 Å². The fourth-order valence-electron chi connectivity index (χ4n) is 3.00. The third-order valence-electron chi connectivity index (χ3n) is 4.65. The zero-order chi connectivity index (χ0) is 22.2. The molecule has 2 aromatic carbocycles. The SMILES string of the molecule is O=C(NC1CC1)c1cccc(NC(=O)c2cnn(-c3ccc(Cl)cc3)c2C(F)(F)F)c1. The molecule has 0 spiro atoms. The van der Waals surface area contributed by atoms with Crippen molar-refractivity contribution < 1.29 is 22.8 Å². The summed E-state index contributed by atoms with van der Waals surface area (Å²) < 4.78 is 42.0. The minimum absolute atomic E-state index is 0.106. The fourth-order valence-corrected chi connectivity index (χ4v) is 3.12. The minimum atomic E-state index is -4.84. The second-order valence-electron chi connectivity index (χ2n) is 7.08. The molecule has 0 unspecified atom stereocenters. The predicted octanol–water partition coefficient (Wildman–Crippen LogP) is 4.69. The molecule has 0 saturated heterocycles. The molecular formula is C21H16ClF3N4O2. The Kier molecular flexibility index (Phi) is 5.45. The van der Waals surface area contributed by atoms with Crippen molar-refractivity contribution in [3.05, 3.63) is 76.6 Å². The summed E-state index contributed by atoms with van der Waals surface area (Å²) in [5.74, 6) is -1.29. The van der Waals surface area contributed by atoms with Crippen LogP contribution in [-0.2, 0) is 6.18 Å². The zero-order valence-corrected chi connectivity index (χ0v) is 16.7. The predicted molar refractivity (Wildman–Crippen MR) is 108 cm³/mol. The van der Waals surface area contributed by atoms with E-state index in [1.54, 1.807) is 12.1 Å². The van der Waals surface area contributed by atoms with Crippen molar-refractivity contribution in [2.24, 2.45) is 0 Å². The van der Waals surface area contributed by atoms with E-state index in [0.29, 0.717) is 15.3 Å².